The topological polar surface area (TPSA) is 26.3 Å². The molecule has 0 aromatic heterocycles. The van der Waals surface area contributed by atoms with Gasteiger partial charge in [-0.15, -0.1) is 0 Å². The number of hydrogen-bond acceptors (Lipinski definition) is 2. The summed E-state index contributed by atoms with van der Waals surface area (Å²) in [5, 5.41) is 0. The van der Waals surface area contributed by atoms with E-state index in [9.17, 15) is 4.79 Å². The van der Waals surface area contributed by atoms with E-state index in [4.69, 9.17) is 4.74 Å². The molecule has 0 aliphatic rings. The molecule has 2 aromatic carbocycles. The molecule has 2 aromatic rings. The van der Waals surface area contributed by atoms with Crippen molar-refractivity contribution >= 4 is 12.0 Å². The van der Waals surface area contributed by atoms with Crippen LogP contribution in [0.1, 0.15) is 54.1 Å². The minimum Gasteiger partial charge on any atom is -0.458 e. The molecule has 2 nitrogen and oxygen atoms in total. The van der Waals surface area contributed by atoms with Crippen LogP contribution in [-0.2, 0) is 11.2 Å². The first-order valence-corrected chi connectivity index (χ1v) is 8.78. The molecule has 24 heavy (non-hydrogen) atoms. The summed E-state index contributed by atoms with van der Waals surface area (Å²) in [6.07, 6.45) is 9.56. The molecule has 0 saturated carbocycles. The first kappa shape index (κ1) is 18.0. The van der Waals surface area contributed by atoms with Crippen molar-refractivity contribution in [2.75, 3.05) is 6.61 Å². The molecule has 0 radical (unpaired) electrons. The Labute approximate surface area is 145 Å². The second-order valence-electron chi connectivity index (χ2n) is 5.88. The Bertz CT molecular complexity index is 644. The molecule has 0 aliphatic heterocycles. The SMILES string of the molecule is CCCCCCc1ccccc1C(=O)OCC=Cc1ccccc1. The second-order valence-corrected chi connectivity index (χ2v) is 5.88. The maximum atomic E-state index is 12.3. The van der Waals surface area contributed by atoms with Gasteiger partial charge in [-0.05, 0) is 36.1 Å². The summed E-state index contributed by atoms with van der Waals surface area (Å²) in [5.41, 5.74) is 2.89. The second kappa shape index (κ2) is 10.4. The third-order valence-electron chi connectivity index (χ3n) is 3.96. The van der Waals surface area contributed by atoms with Crippen LogP contribution >= 0.6 is 0 Å². The third-order valence-corrected chi connectivity index (χ3v) is 3.96. The van der Waals surface area contributed by atoms with Crippen molar-refractivity contribution in [2.45, 2.75) is 39.0 Å². The smallest absolute Gasteiger partial charge is 0.338 e. The van der Waals surface area contributed by atoms with E-state index in [1.807, 2.05) is 66.7 Å². The Morgan fingerprint density at radius 2 is 1.71 bits per heavy atom. The van der Waals surface area contributed by atoms with Gasteiger partial charge in [0, 0.05) is 0 Å². The fraction of sp³-hybridized carbons (Fsp3) is 0.318. The number of carbonyl (C=O) groups is 1. The minimum absolute atomic E-state index is 0.237. The predicted octanol–water partition coefficient (Wildman–Crippen LogP) is 5.68. The van der Waals surface area contributed by atoms with E-state index in [-0.39, 0.29) is 12.6 Å². The van der Waals surface area contributed by atoms with Crippen LogP contribution in [0, 0.1) is 0 Å². The molecule has 2 rings (SSSR count). The summed E-state index contributed by atoms with van der Waals surface area (Å²) in [6, 6.07) is 17.8. The third kappa shape index (κ3) is 6.04. The minimum atomic E-state index is -0.237. The van der Waals surface area contributed by atoms with E-state index >= 15 is 0 Å². The van der Waals surface area contributed by atoms with Crippen LogP contribution in [0.15, 0.2) is 60.7 Å². The van der Waals surface area contributed by atoms with E-state index in [0.29, 0.717) is 5.56 Å². The Hall–Kier alpha value is -2.35. The molecule has 0 saturated heterocycles. The molecule has 0 aliphatic carbocycles. The molecule has 126 valence electrons. The zero-order valence-electron chi connectivity index (χ0n) is 14.4. The number of esters is 1. The molecule has 0 bridgehead atoms. The van der Waals surface area contributed by atoms with Gasteiger partial charge in [-0.25, -0.2) is 4.79 Å². The number of aryl methyl sites for hydroxylation is 1. The number of carbonyl (C=O) groups excluding carboxylic acids is 1. The van der Waals surface area contributed by atoms with Crippen molar-refractivity contribution in [3.63, 3.8) is 0 Å². The molecule has 0 atom stereocenters. The zero-order valence-corrected chi connectivity index (χ0v) is 14.4. The summed E-state index contributed by atoms with van der Waals surface area (Å²) in [7, 11) is 0. The Morgan fingerprint density at radius 3 is 2.50 bits per heavy atom. The van der Waals surface area contributed by atoms with Gasteiger partial charge in [-0.1, -0.05) is 80.8 Å². The highest BCUT2D eigenvalue weighted by molar-refractivity contribution is 5.91. The van der Waals surface area contributed by atoms with Crippen LogP contribution < -0.4 is 0 Å². The Kier molecular flexibility index (Phi) is 7.82. The van der Waals surface area contributed by atoms with Crippen LogP contribution in [0.4, 0.5) is 0 Å². The number of unbranched alkanes of at least 4 members (excludes halogenated alkanes) is 3. The summed E-state index contributed by atoms with van der Waals surface area (Å²) in [6.45, 7) is 2.49. The largest absolute Gasteiger partial charge is 0.458 e. The van der Waals surface area contributed by atoms with Gasteiger partial charge in [-0.3, -0.25) is 0 Å². The fourth-order valence-corrected chi connectivity index (χ4v) is 2.63. The standard InChI is InChI=1S/C22H26O2/c1-2-3-4-8-15-20-16-9-10-17-21(20)22(23)24-18-11-14-19-12-6-5-7-13-19/h5-7,9-14,16-17H,2-4,8,15,18H2,1H3. The molecular formula is C22H26O2. The fourth-order valence-electron chi connectivity index (χ4n) is 2.63. The normalized spacial score (nSPS) is 10.9. The quantitative estimate of drug-likeness (QED) is 0.438. The van der Waals surface area contributed by atoms with E-state index in [2.05, 4.69) is 6.92 Å². The van der Waals surface area contributed by atoms with E-state index in [0.717, 1.165) is 24.0 Å². The van der Waals surface area contributed by atoms with Gasteiger partial charge < -0.3 is 4.74 Å². The highest BCUT2D eigenvalue weighted by atomic mass is 16.5. The maximum Gasteiger partial charge on any atom is 0.338 e. The van der Waals surface area contributed by atoms with Crippen molar-refractivity contribution < 1.29 is 9.53 Å². The molecule has 0 N–H and O–H groups in total. The van der Waals surface area contributed by atoms with Crippen molar-refractivity contribution in [1.29, 1.82) is 0 Å². The number of rotatable bonds is 9. The molecule has 0 fully saturated rings. The number of ether oxygens (including phenoxy) is 1. The first-order chi connectivity index (χ1) is 11.8. The van der Waals surface area contributed by atoms with Gasteiger partial charge in [0.1, 0.15) is 6.61 Å². The number of hydrogen-bond donors (Lipinski definition) is 0. The summed E-state index contributed by atoms with van der Waals surface area (Å²) < 4.78 is 5.39. The number of benzene rings is 2. The Morgan fingerprint density at radius 1 is 0.958 bits per heavy atom. The Balaban J connectivity index is 1.86. The summed E-state index contributed by atoms with van der Waals surface area (Å²) in [4.78, 5) is 12.3. The maximum absolute atomic E-state index is 12.3. The van der Waals surface area contributed by atoms with Gasteiger partial charge in [-0.2, -0.15) is 0 Å². The lowest BCUT2D eigenvalue weighted by Gasteiger charge is -2.08. The average Bonchev–Trinajstić information content (AvgIpc) is 2.63. The lowest BCUT2D eigenvalue weighted by Crippen LogP contribution is -2.08. The monoisotopic (exact) mass is 322 g/mol. The zero-order chi connectivity index (χ0) is 17.0. The van der Waals surface area contributed by atoms with Crippen molar-refractivity contribution in [2.24, 2.45) is 0 Å². The summed E-state index contributed by atoms with van der Waals surface area (Å²) in [5.74, 6) is -0.237. The molecule has 0 heterocycles. The first-order valence-electron chi connectivity index (χ1n) is 8.78. The molecule has 0 unspecified atom stereocenters. The van der Waals surface area contributed by atoms with Crippen molar-refractivity contribution in [1.82, 2.24) is 0 Å². The van der Waals surface area contributed by atoms with Crippen LogP contribution in [0.2, 0.25) is 0 Å². The highest BCUT2D eigenvalue weighted by Crippen LogP contribution is 2.14. The van der Waals surface area contributed by atoms with Crippen LogP contribution in [-0.4, -0.2) is 12.6 Å². The van der Waals surface area contributed by atoms with Gasteiger partial charge in [0.25, 0.3) is 0 Å². The van der Waals surface area contributed by atoms with E-state index in [1.165, 1.54) is 19.3 Å². The van der Waals surface area contributed by atoms with Crippen LogP contribution in [0.25, 0.3) is 6.08 Å². The van der Waals surface area contributed by atoms with Gasteiger partial charge in [0.05, 0.1) is 5.56 Å². The molecule has 2 heteroatoms. The molecule has 0 amide bonds. The molecule has 0 spiro atoms. The van der Waals surface area contributed by atoms with Gasteiger partial charge in [0.15, 0.2) is 0 Å². The molecular weight excluding hydrogens is 296 g/mol. The van der Waals surface area contributed by atoms with Crippen molar-refractivity contribution in [3.05, 3.63) is 77.4 Å². The van der Waals surface area contributed by atoms with Crippen molar-refractivity contribution in [3.8, 4) is 0 Å². The average molecular weight is 322 g/mol. The lowest BCUT2D eigenvalue weighted by atomic mass is 10.0. The summed E-state index contributed by atoms with van der Waals surface area (Å²) >= 11 is 0. The van der Waals surface area contributed by atoms with E-state index < -0.39 is 0 Å². The van der Waals surface area contributed by atoms with Gasteiger partial charge in [0.2, 0.25) is 0 Å². The van der Waals surface area contributed by atoms with Gasteiger partial charge >= 0.3 is 5.97 Å². The van der Waals surface area contributed by atoms with Crippen LogP contribution in [0.5, 0.6) is 0 Å². The predicted molar refractivity (Wildman–Crippen MR) is 100 cm³/mol. The highest BCUT2D eigenvalue weighted by Gasteiger charge is 2.11. The lowest BCUT2D eigenvalue weighted by molar-refractivity contribution is 0.0549. The van der Waals surface area contributed by atoms with E-state index in [1.54, 1.807) is 0 Å². The van der Waals surface area contributed by atoms with Crippen LogP contribution in [0.3, 0.4) is 0 Å².